The molecule has 0 unspecified atom stereocenters. The minimum Gasteiger partial charge on any atom is -0.364 e. The maximum Gasteiger partial charge on any atom is 0.273 e. The quantitative estimate of drug-likeness (QED) is 0.907. The highest BCUT2D eigenvalue weighted by molar-refractivity contribution is 5.92. The van der Waals surface area contributed by atoms with Crippen LogP contribution in [0.4, 0.5) is 0 Å². The molecule has 25 heavy (non-hydrogen) atoms. The Balaban J connectivity index is 1.54. The van der Waals surface area contributed by atoms with Crippen LogP contribution in [0.25, 0.3) is 0 Å². The Morgan fingerprint density at radius 1 is 1.24 bits per heavy atom. The van der Waals surface area contributed by atoms with Crippen LogP contribution < -0.4 is 5.32 Å². The zero-order chi connectivity index (χ0) is 17.6. The number of rotatable bonds is 5. The largest absolute Gasteiger partial charge is 0.364 e. The molecule has 1 fully saturated rings. The summed E-state index contributed by atoms with van der Waals surface area (Å²) >= 11 is 0. The summed E-state index contributed by atoms with van der Waals surface area (Å²) in [7, 11) is 0. The van der Waals surface area contributed by atoms with Crippen molar-refractivity contribution in [3.05, 3.63) is 53.9 Å². The molecule has 3 rings (SSSR count). The van der Waals surface area contributed by atoms with E-state index in [1.54, 1.807) is 6.07 Å². The van der Waals surface area contributed by atoms with Crippen LogP contribution in [0.2, 0.25) is 0 Å². The van der Waals surface area contributed by atoms with Gasteiger partial charge in [-0.2, -0.15) is 0 Å². The van der Waals surface area contributed by atoms with Gasteiger partial charge in [-0.25, -0.2) is 0 Å². The molecular formula is C19H23N3O3. The summed E-state index contributed by atoms with van der Waals surface area (Å²) < 4.78 is 4.69. The van der Waals surface area contributed by atoms with E-state index >= 15 is 0 Å². The molecule has 0 bridgehead atoms. The molecule has 1 aromatic heterocycles. The molecule has 0 aliphatic carbocycles. The SMILES string of the molecule is CC[C@@H](C(=O)N1CCC(NC(=O)c2ccon2)CC1)c1ccccc1. The first kappa shape index (κ1) is 17.2. The maximum atomic E-state index is 12.9. The molecule has 1 aliphatic rings. The van der Waals surface area contributed by atoms with Crippen molar-refractivity contribution in [2.75, 3.05) is 13.1 Å². The van der Waals surface area contributed by atoms with Crippen molar-refractivity contribution in [3.8, 4) is 0 Å². The van der Waals surface area contributed by atoms with Crippen LogP contribution in [0.1, 0.15) is 48.2 Å². The molecule has 2 amide bonds. The zero-order valence-corrected chi connectivity index (χ0v) is 14.4. The number of nitrogens with zero attached hydrogens (tertiary/aromatic N) is 2. The third-order valence-electron chi connectivity index (χ3n) is 4.72. The monoisotopic (exact) mass is 341 g/mol. The van der Waals surface area contributed by atoms with Crippen molar-refractivity contribution in [2.45, 2.75) is 38.1 Å². The number of aromatic nitrogens is 1. The Morgan fingerprint density at radius 3 is 2.56 bits per heavy atom. The summed E-state index contributed by atoms with van der Waals surface area (Å²) in [6, 6.07) is 11.5. The number of nitrogens with one attached hydrogen (secondary N) is 1. The van der Waals surface area contributed by atoms with Crippen LogP contribution in [0, 0.1) is 0 Å². The van der Waals surface area contributed by atoms with E-state index in [9.17, 15) is 9.59 Å². The minimum atomic E-state index is -0.228. The second-order valence-electron chi connectivity index (χ2n) is 6.33. The number of piperidine rings is 1. The Morgan fingerprint density at radius 2 is 1.96 bits per heavy atom. The number of amides is 2. The standard InChI is InChI=1S/C19H23N3O3/c1-2-16(14-6-4-3-5-7-14)19(24)22-11-8-15(9-12-22)20-18(23)17-10-13-25-21-17/h3-7,10,13,15-16H,2,8-9,11-12H2,1H3,(H,20,23)/t16-/m1/s1. The van der Waals surface area contributed by atoms with E-state index in [0.717, 1.165) is 24.8 Å². The fraction of sp³-hybridized carbons (Fsp3) is 0.421. The lowest BCUT2D eigenvalue weighted by molar-refractivity contribution is -0.134. The molecule has 0 saturated carbocycles. The number of carbonyl (C=O) groups excluding carboxylic acids is 2. The first-order valence-electron chi connectivity index (χ1n) is 8.74. The number of benzene rings is 1. The molecule has 1 atom stereocenters. The molecule has 0 spiro atoms. The van der Waals surface area contributed by atoms with Crippen LogP contribution in [-0.2, 0) is 4.79 Å². The fourth-order valence-electron chi connectivity index (χ4n) is 3.29. The van der Waals surface area contributed by atoms with Gasteiger partial charge in [-0.1, -0.05) is 42.4 Å². The van der Waals surface area contributed by atoms with Gasteiger partial charge in [0.25, 0.3) is 5.91 Å². The zero-order valence-electron chi connectivity index (χ0n) is 14.4. The van der Waals surface area contributed by atoms with Gasteiger partial charge in [-0.05, 0) is 24.8 Å². The van der Waals surface area contributed by atoms with Gasteiger partial charge in [0.1, 0.15) is 6.26 Å². The van der Waals surface area contributed by atoms with Crippen molar-refractivity contribution in [1.29, 1.82) is 0 Å². The Hall–Kier alpha value is -2.63. The summed E-state index contributed by atoms with van der Waals surface area (Å²) in [5, 5.41) is 6.60. The summed E-state index contributed by atoms with van der Waals surface area (Å²) in [5.41, 5.74) is 1.35. The molecule has 6 nitrogen and oxygen atoms in total. The Bertz CT molecular complexity index is 692. The highest BCUT2D eigenvalue weighted by Gasteiger charge is 2.29. The van der Waals surface area contributed by atoms with Gasteiger partial charge >= 0.3 is 0 Å². The normalized spacial score (nSPS) is 16.4. The van der Waals surface area contributed by atoms with Gasteiger partial charge < -0.3 is 14.7 Å². The maximum absolute atomic E-state index is 12.9. The van der Waals surface area contributed by atoms with E-state index in [1.165, 1.54) is 6.26 Å². The van der Waals surface area contributed by atoms with E-state index in [0.29, 0.717) is 13.1 Å². The highest BCUT2D eigenvalue weighted by atomic mass is 16.5. The lowest BCUT2D eigenvalue weighted by Gasteiger charge is -2.34. The van der Waals surface area contributed by atoms with E-state index in [-0.39, 0.29) is 29.5 Å². The number of hydrogen-bond donors (Lipinski definition) is 1. The van der Waals surface area contributed by atoms with Crippen LogP contribution in [0.3, 0.4) is 0 Å². The van der Waals surface area contributed by atoms with Crippen LogP contribution in [-0.4, -0.2) is 41.0 Å². The first-order chi connectivity index (χ1) is 12.2. The molecule has 6 heteroatoms. The Labute approximate surface area is 147 Å². The molecule has 0 radical (unpaired) electrons. The van der Waals surface area contributed by atoms with Gasteiger partial charge in [0.05, 0.1) is 5.92 Å². The minimum absolute atomic E-state index is 0.0602. The smallest absolute Gasteiger partial charge is 0.273 e. The Kier molecular flexibility index (Phi) is 5.48. The second kappa shape index (κ2) is 7.96. The van der Waals surface area contributed by atoms with Crippen molar-refractivity contribution in [3.63, 3.8) is 0 Å². The summed E-state index contributed by atoms with van der Waals surface area (Å²) in [5.74, 6) is -0.147. The molecule has 1 N–H and O–H groups in total. The molecule has 1 aliphatic heterocycles. The molecule has 1 saturated heterocycles. The van der Waals surface area contributed by atoms with Gasteiger partial charge in [0.2, 0.25) is 5.91 Å². The van der Waals surface area contributed by atoms with Crippen molar-refractivity contribution in [2.24, 2.45) is 0 Å². The molecule has 2 heterocycles. The third kappa shape index (κ3) is 4.07. The van der Waals surface area contributed by atoms with E-state index in [1.807, 2.05) is 42.2 Å². The highest BCUT2D eigenvalue weighted by Crippen LogP contribution is 2.24. The van der Waals surface area contributed by atoms with E-state index in [2.05, 4.69) is 10.5 Å². The van der Waals surface area contributed by atoms with Gasteiger partial charge in [0, 0.05) is 25.2 Å². The lowest BCUT2D eigenvalue weighted by Crippen LogP contribution is -2.47. The van der Waals surface area contributed by atoms with Crippen molar-refractivity contribution >= 4 is 11.8 Å². The van der Waals surface area contributed by atoms with E-state index < -0.39 is 0 Å². The number of likely N-dealkylation sites (tertiary alicyclic amines) is 1. The fourth-order valence-corrected chi connectivity index (χ4v) is 3.29. The number of carbonyl (C=O) groups is 2. The average molecular weight is 341 g/mol. The van der Waals surface area contributed by atoms with Gasteiger partial charge in [-0.3, -0.25) is 9.59 Å². The topological polar surface area (TPSA) is 75.4 Å². The summed E-state index contributed by atoms with van der Waals surface area (Å²) in [6.07, 6.45) is 3.66. The van der Waals surface area contributed by atoms with Crippen LogP contribution in [0.15, 0.2) is 47.2 Å². The molecular weight excluding hydrogens is 318 g/mol. The average Bonchev–Trinajstić information content (AvgIpc) is 3.19. The third-order valence-corrected chi connectivity index (χ3v) is 4.72. The lowest BCUT2D eigenvalue weighted by atomic mass is 9.93. The van der Waals surface area contributed by atoms with Crippen molar-refractivity contribution < 1.29 is 14.1 Å². The van der Waals surface area contributed by atoms with Crippen molar-refractivity contribution in [1.82, 2.24) is 15.4 Å². The van der Waals surface area contributed by atoms with Crippen LogP contribution in [0.5, 0.6) is 0 Å². The number of hydrogen-bond acceptors (Lipinski definition) is 4. The predicted octanol–water partition coefficient (Wildman–Crippen LogP) is 2.59. The van der Waals surface area contributed by atoms with E-state index in [4.69, 9.17) is 4.52 Å². The summed E-state index contributed by atoms with van der Waals surface area (Å²) in [6.45, 7) is 3.36. The molecule has 1 aromatic carbocycles. The van der Waals surface area contributed by atoms with Crippen LogP contribution >= 0.6 is 0 Å². The molecule has 132 valence electrons. The predicted molar refractivity (Wildman–Crippen MR) is 93.0 cm³/mol. The second-order valence-corrected chi connectivity index (χ2v) is 6.33. The molecule has 2 aromatic rings. The van der Waals surface area contributed by atoms with Gasteiger partial charge in [0.15, 0.2) is 5.69 Å². The van der Waals surface area contributed by atoms with Gasteiger partial charge in [-0.15, -0.1) is 0 Å². The summed E-state index contributed by atoms with van der Waals surface area (Å²) in [4.78, 5) is 26.8. The first-order valence-corrected chi connectivity index (χ1v) is 8.74.